The number of halogens is 1. The zero-order chi connectivity index (χ0) is 13.9. The molecule has 0 fully saturated rings. The molecule has 100 valence electrons. The maximum atomic E-state index is 4.41. The van der Waals surface area contributed by atoms with Crippen molar-refractivity contribution in [3.05, 3.63) is 41.4 Å². The summed E-state index contributed by atoms with van der Waals surface area (Å²) in [5.41, 5.74) is 0.889. The minimum Gasteiger partial charge on any atom is -0.357 e. The van der Waals surface area contributed by atoms with Gasteiger partial charge in [-0.25, -0.2) is 4.98 Å². The quantitative estimate of drug-likeness (QED) is 0.789. The van der Waals surface area contributed by atoms with Crippen LogP contribution in [0.1, 0.15) is 0 Å². The fourth-order valence-corrected chi connectivity index (χ4v) is 2.05. The highest BCUT2D eigenvalue weighted by Gasteiger charge is 2.10. The van der Waals surface area contributed by atoms with E-state index in [9.17, 15) is 0 Å². The molecule has 3 aromatic rings. The zero-order valence-electron chi connectivity index (χ0n) is 10.5. The minimum atomic E-state index is 0.414. The van der Waals surface area contributed by atoms with Gasteiger partial charge < -0.3 is 5.32 Å². The maximum Gasteiger partial charge on any atom is 0.257 e. The first-order valence-corrected chi connectivity index (χ1v) is 6.60. The Morgan fingerprint density at radius 3 is 2.80 bits per heavy atom. The summed E-state index contributed by atoms with van der Waals surface area (Å²) in [5, 5.41) is 6.95. The van der Waals surface area contributed by atoms with Crippen LogP contribution in [-0.2, 0) is 0 Å². The van der Waals surface area contributed by atoms with E-state index in [1.807, 2.05) is 24.3 Å². The third-order valence-corrected chi connectivity index (χ3v) is 3.05. The van der Waals surface area contributed by atoms with Crippen molar-refractivity contribution in [2.75, 3.05) is 12.4 Å². The molecule has 0 unspecified atom stereocenters. The van der Waals surface area contributed by atoms with E-state index in [1.165, 1.54) is 11.0 Å². The number of benzene rings is 1. The predicted octanol–water partition coefficient (Wildman–Crippen LogP) is 1.92. The molecule has 8 heteroatoms. The summed E-state index contributed by atoms with van der Waals surface area (Å²) in [6, 6.07) is 7.75. The highest BCUT2D eigenvalue weighted by atomic mass is 79.9. The number of hydrogen-bond donors (Lipinski definition) is 1. The Kier molecular flexibility index (Phi) is 3.38. The first-order chi connectivity index (χ1) is 9.76. The molecule has 1 N–H and O–H groups in total. The molecule has 0 spiro atoms. The van der Waals surface area contributed by atoms with Crippen LogP contribution in [0.3, 0.4) is 0 Å². The molecule has 3 rings (SSSR count). The van der Waals surface area contributed by atoms with Gasteiger partial charge in [-0.2, -0.15) is 24.7 Å². The van der Waals surface area contributed by atoms with Gasteiger partial charge in [0.1, 0.15) is 12.7 Å². The lowest BCUT2D eigenvalue weighted by Gasteiger charge is -2.06. The van der Waals surface area contributed by atoms with Crippen molar-refractivity contribution in [3.63, 3.8) is 0 Å². The van der Waals surface area contributed by atoms with Crippen molar-refractivity contribution < 1.29 is 0 Å². The van der Waals surface area contributed by atoms with Crippen molar-refractivity contribution >= 4 is 21.9 Å². The molecule has 0 bridgehead atoms. The molecule has 0 aliphatic rings. The lowest BCUT2D eigenvalue weighted by Crippen LogP contribution is -2.08. The number of hydrogen-bond acceptors (Lipinski definition) is 6. The van der Waals surface area contributed by atoms with E-state index < -0.39 is 0 Å². The van der Waals surface area contributed by atoms with Gasteiger partial charge in [0.05, 0.1) is 0 Å². The zero-order valence-corrected chi connectivity index (χ0v) is 12.1. The van der Waals surface area contributed by atoms with Crippen molar-refractivity contribution in [2.45, 2.75) is 0 Å². The number of rotatable bonds is 3. The Bertz CT molecular complexity index is 726. The van der Waals surface area contributed by atoms with Gasteiger partial charge in [0.2, 0.25) is 5.95 Å². The van der Waals surface area contributed by atoms with Crippen LogP contribution in [0.2, 0.25) is 0 Å². The van der Waals surface area contributed by atoms with E-state index in [4.69, 9.17) is 0 Å². The average molecular weight is 332 g/mol. The van der Waals surface area contributed by atoms with Crippen LogP contribution in [0.4, 0.5) is 5.95 Å². The largest absolute Gasteiger partial charge is 0.357 e. The van der Waals surface area contributed by atoms with Gasteiger partial charge in [-0.15, -0.1) is 0 Å². The second-order valence-electron chi connectivity index (χ2n) is 3.88. The van der Waals surface area contributed by atoms with Gasteiger partial charge in [0.25, 0.3) is 5.95 Å². The summed E-state index contributed by atoms with van der Waals surface area (Å²) in [5.74, 6) is 1.45. The summed E-state index contributed by atoms with van der Waals surface area (Å²) < 4.78 is 2.45. The Morgan fingerprint density at radius 1 is 1.20 bits per heavy atom. The minimum absolute atomic E-state index is 0.414. The van der Waals surface area contributed by atoms with Crippen LogP contribution < -0.4 is 5.32 Å². The number of anilines is 1. The fourth-order valence-electron chi connectivity index (χ4n) is 1.65. The molecule has 0 saturated carbocycles. The third-order valence-electron chi connectivity index (χ3n) is 2.55. The lowest BCUT2D eigenvalue weighted by molar-refractivity contribution is 0.798. The van der Waals surface area contributed by atoms with E-state index in [0.29, 0.717) is 17.7 Å². The summed E-state index contributed by atoms with van der Waals surface area (Å²) in [6.45, 7) is 0. The topological polar surface area (TPSA) is 81.4 Å². The molecule has 0 saturated heterocycles. The van der Waals surface area contributed by atoms with E-state index in [0.717, 1.165) is 10.0 Å². The fraction of sp³-hybridized carbons (Fsp3) is 0.0833. The van der Waals surface area contributed by atoms with Crippen LogP contribution >= 0.6 is 15.9 Å². The van der Waals surface area contributed by atoms with E-state index in [2.05, 4.69) is 46.3 Å². The van der Waals surface area contributed by atoms with Gasteiger partial charge in [-0.1, -0.05) is 28.1 Å². The van der Waals surface area contributed by atoms with Crippen molar-refractivity contribution in [1.29, 1.82) is 0 Å². The molecule has 2 aromatic heterocycles. The number of nitrogens with zero attached hydrogens (tertiary/aromatic N) is 6. The Morgan fingerprint density at radius 2 is 2.10 bits per heavy atom. The van der Waals surface area contributed by atoms with Crippen molar-refractivity contribution in [1.82, 2.24) is 29.7 Å². The van der Waals surface area contributed by atoms with Gasteiger partial charge in [0.15, 0.2) is 5.82 Å². The summed E-state index contributed by atoms with van der Waals surface area (Å²) in [4.78, 5) is 16.9. The Labute approximate surface area is 123 Å². The van der Waals surface area contributed by atoms with Crippen LogP contribution in [0.15, 0.2) is 41.4 Å². The normalized spacial score (nSPS) is 10.5. The molecule has 0 aliphatic heterocycles. The Hall–Kier alpha value is -2.35. The van der Waals surface area contributed by atoms with Crippen LogP contribution in [-0.4, -0.2) is 36.8 Å². The SMILES string of the molecule is CNc1nc(-c2cccc(Br)c2)nc(-n2cncn2)n1. The number of aromatic nitrogens is 6. The standard InChI is InChI=1S/C12H10BrN7/c1-14-11-17-10(8-3-2-4-9(13)5-8)18-12(19-11)20-7-15-6-16-20/h2-7H,1H3,(H,14,17,18,19). The summed E-state index contributed by atoms with van der Waals surface area (Å²) in [7, 11) is 1.76. The summed E-state index contributed by atoms with van der Waals surface area (Å²) >= 11 is 3.44. The molecule has 1 aromatic carbocycles. The first kappa shape index (κ1) is 12.7. The van der Waals surface area contributed by atoms with Crippen molar-refractivity contribution in [3.8, 4) is 17.3 Å². The second kappa shape index (κ2) is 5.33. The van der Waals surface area contributed by atoms with Crippen molar-refractivity contribution in [2.24, 2.45) is 0 Å². The van der Waals surface area contributed by atoms with Crippen LogP contribution in [0.25, 0.3) is 17.3 Å². The molecule has 7 nitrogen and oxygen atoms in total. The predicted molar refractivity (Wildman–Crippen MR) is 77.4 cm³/mol. The monoisotopic (exact) mass is 331 g/mol. The van der Waals surface area contributed by atoms with E-state index >= 15 is 0 Å². The van der Waals surface area contributed by atoms with Crippen LogP contribution in [0.5, 0.6) is 0 Å². The second-order valence-corrected chi connectivity index (χ2v) is 4.80. The molecular formula is C12H10BrN7. The Balaban J connectivity index is 2.14. The molecule has 0 atom stereocenters. The first-order valence-electron chi connectivity index (χ1n) is 5.81. The lowest BCUT2D eigenvalue weighted by atomic mass is 10.2. The molecule has 0 aliphatic carbocycles. The smallest absolute Gasteiger partial charge is 0.257 e. The third kappa shape index (κ3) is 2.50. The van der Waals surface area contributed by atoms with Crippen LogP contribution in [0, 0.1) is 0 Å². The maximum absolute atomic E-state index is 4.41. The van der Waals surface area contributed by atoms with E-state index in [-0.39, 0.29) is 0 Å². The molecule has 20 heavy (non-hydrogen) atoms. The summed E-state index contributed by atoms with van der Waals surface area (Å²) in [6.07, 6.45) is 2.97. The average Bonchev–Trinajstić information content (AvgIpc) is 3.01. The number of nitrogens with one attached hydrogen (secondary N) is 1. The van der Waals surface area contributed by atoms with E-state index in [1.54, 1.807) is 13.4 Å². The highest BCUT2D eigenvalue weighted by Crippen LogP contribution is 2.21. The molecule has 0 amide bonds. The van der Waals surface area contributed by atoms with Gasteiger partial charge >= 0.3 is 0 Å². The molecular weight excluding hydrogens is 322 g/mol. The van der Waals surface area contributed by atoms with Gasteiger partial charge in [0, 0.05) is 17.1 Å². The molecule has 0 radical (unpaired) electrons. The molecule has 2 heterocycles. The van der Waals surface area contributed by atoms with Gasteiger partial charge in [-0.05, 0) is 12.1 Å². The highest BCUT2D eigenvalue weighted by molar-refractivity contribution is 9.10. The van der Waals surface area contributed by atoms with Gasteiger partial charge in [-0.3, -0.25) is 0 Å².